The molecule has 0 bridgehead atoms. The summed E-state index contributed by atoms with van der Waals surface area (Å²) in [4.78, 5) is 4.98. The topological polar surface area (TPSA) is 61.9 Å². The molecule has 24 heavy (non-hydrogen) atoms. The van der Waals surface area contributed by atoms with Crippen molar-refractivity contribution in [3.8, 4) is 0 Å². The molecule has 3 fully saturated rings. The van der Waals surface area contributed by atoms with Crippen LogP contribution in [0.25, 0.3) is 0 Å². The molecule has 140 valence electrons. The van der Waals surface area contributed by atoms with Crippen LogP contribution in [0.4, 0.5) is 0 Å². The maximum absolute atomic E-state index is 12.0. The average Bonchev–Trinajstić information content (AvgIpc) is 3.31. The molecule has 0 amide bonds. The van der Waals surface area contributed by atoms with Crippen molar-refractivity contribution < 1.29 is 13.2 Å². The highest BCUT2D eigenvalue weighted by atomic mass is 32.2. The molecule has 7 heteroatoms. The Bertz CT molecular complexity index is 527. The Morgan fingerprint density at radius 2 is 1.83 bits per heavy atom. The lowest BCUT2D eigenvalue weighted by Crippen LogP contribution is -2.55. The molecule has 2 heterocycles. The molecule has 2 saturated heterocycles. The molecule has 6 nitrogen and oxygen atoms in total. The largest absolute Gasteiger partial charge is 0.379 e. The van der Waals surface area contributed by atoms with E-state index in [-0.39, 0.29) is 17.3 Å². The first-order valence-corrected chi connectivity index (χ1v) is 11.0. The normalized spacial score (nSPS) is 30.8. The average molecular weight is 360 g/mol. The van der Waals surface area contributed by atoms with Crippen LogP contribution in [0.15, 0.2) is 0 Å². The highest BCUT2D eigenvalue weighted by Gasteiger charge is 2.45. The van der Waals surface area contributed by atoms with E-state index in [9.17, 15) is 8.42 Å². The molecular formula is C17H33N3O3S. The van der Waals surface area contributed by atoms with Gasteiger partial charge in [-0.1, -0.05) is 0 Å². The third-order valence-electron chi connectivity index (χ3n) is 5.86. The van der Waals surface area contributed by atoms with Gasteiger partial charge in [0.25, 0.3) is 0 Å². The first-order chi connectivity index (χ1) is 11.3. The zero-order chi connectivity index (χ0) is 17.4. The fraction of sp³-hybridized carbons (Fsp3) is 1.00. The number of ether oxygens (including phenoxy) is 1. The monoisotopic (exact) mass is 359 g/mol. The summed E-state index contributed by atoms with van der Waals surface area (Å²) in [5.74, 6) is 1.36. The number of nitrogens with one attached hydrogen (secondary N) is 1. The van der Waals surface area contributed by atoms with Gasteiger partial charge in [0.15, 0.2) is 0 Å². The molecule has 1 saturated carbocycles. The second-order valence-corrected chi connectivity index (χ2v) is 10.3. The molecule has 2 aliphatic heterocycles. The van der Waals surface area contributed by atoms with E-state index >= 15 is 0 Å². The standard InChI is InChI=1S/C17H33N3O3S/c1-4-24(21,22)18-16-12-19(11-15(16)14-5-6-14)13-17(2,3)20-7-9-23-10-8-20/h14-16,18H,4-13H2,1-3H3/t15-,16+/m0/s1. The van der Waals surface area contributed by atoms with Gasteiger partial charge in [-0.3, -0.25) is 9.80 Å². The van der Waals surface area contributed by atoms with Crippen LogP contribution in [0.1, 0.15) is 33.6 Å². The zero-order valence-corrected chi connectivity index (χ0v) is 16.1. The predicted molar refractivity (Wildman–Crippen MR) is 95.5 cm³/mol. The Morgan fingerprint density at radius 1 is 1.17 bits per heavy atom. The second kappa shape index (κ2) is 7.19. The highest BCUT2D eigenvalue weighted by molar-refractivity contribution is 7.89. The molecule has 1 N–H and O–H groups in total. The highest BCUT2D eigenvalue weighted by Crippen LogP contribution is 2.42. The van der Waals surface area contributed by atoms with Crippen LogP contribution in [0.3, 0.4) is 0 Å². The first-order valence-electron chi connectivity index (χ1n) is 9.36. The van der Waals surface area contributed by atoms with Gasteiger partial charge in [-0.25, -0.2) is 13.1 Å². The van der Waals surface area contributed by atoms with Crippen LogP contribution in [0, 0.1) is 11.8 Å². The third kappa shape index (κ3) is 4.49. The first kappa shape index (κ1) is 18.6. The van der Waals surface area contributed by atoms with Crippen LogP contribution in [-0.2, 0) is 14.8 Å². The van der Waals surface area contributed by atoms with Crippen molar-refractivity contribution in [3.63, 3.8) is 0 Å². The number of hydrogen-bond acceptors (Lipinski definition) is 5. The van der Waals surface area contributed by atoms with Crippen molar-refractivity contribution in [1.29, 1.82) is 0 Å². The molecule has 0 spiro atoms. The Morgan fingerprint density at radius 3 is 2.42 bits per heavy atom. The van der Waals surface area contributed by atoms with Crippen LogP contribution in [0.5, 0.6) is 0 Å². The summed E-state index contributed by atoms with van der Waals surface area (Å²) in [5, 5.41) is 0. The van der Waals surface area contributed by atoms with E-state index in [0.717, 1.165) is 45.9 Å². The van der Waals surface area contributed by atoms with Gasteiger partial charge in [0.1, 0.15) is 0 Å². The van der Waals surface area contributed by atoms with E-state index in [2.05, 4.69) is 28.4 Å². The molecule has 0 aromatic heterocycles. The molecule has 0 aromatic carbocycles. The summed E-state index contributed by atoms with van der Waals surface area (Å²) >= 11 is 0. The van der Waals surface area contributed by atoms with Gasteiger partial charge >= 0.3 is 0 Å². The van der Waals surface area contributed by atoms with Gasteiger partial charge in [0, 0.05) is 44.3 Å². The molecular weight excluding hydrogens is 326 g/mol. The predicted octanol–water partition coefficient (Wildman–Crippen LogP) is 0.747. The van der Waals surface area contributed by atoms with Crippen molar-refractivity contribution in [2.24, 2.45) is 11.8 Å². The molecule has 2 atom stereocenters. The number of likely N-dealkylation sites (tertiary alicyclic amines) is 1. The van der Waals surface area contributed by atoms with Gasteiger partial charge in [0.2, 0.25) is 10.0 Å². The Hall–Kier alpha value is -0.210. The van der Waals surface area contributed by atoms with Gasteiger partial charge in [-0.15, -0.1) is 0 Å². The third-order valence-corrected chi connectivity index (χ3v) is 7.28. The van der Waals surface area contributed by atoms with Gasteiger partial charge in [-0.05, 0) is 45.4 Å². The Kier molecular flexibility index (Phi) is 5.57. The Labute approximate surface area is 147 Å². The lowest BCUT2D eigenvalue weighted by Gasteiger charge is -2.43. The zero-order valence-electron chi connectivity index (χ0n) is 15.3. The van der Waals surface area contributed by atoms with Crippen molar-refractivity contribution in [3.05, 3.63) is 0 Å². The molecule has 3 aliphatic rings. The quantitative estimate of drug-likeness (QED) is 0.727. The Balaban J connectivity index is 1.62. The van der Waals surface area contributed by atoms with E-state index in [1.54, 1.807) is 6.92 Å². The van der Waals surface area contributed by atoms with Crippen LogP contribution in [0.2, 0.25) is 0 Å². The van der Waals surface area contributed by atoms with E-state index in [0.29, 0.717) is 11.8 Å². The lowest BCUT2D eigenvalue weighted by atomic mass is 9.99. The maximum atomic E-state index is 12.0. The van der Waals surface area contributed by atoms with Crippen molar-refractivity contribution in [2.45, 2.75) is 45.2 Å². The number of sulfonamides is 1. The number of rotatable bonds is 7. The summed E-state index contributed by atoms with van der Waals surface area (Å²) in [5.41, 5.74) is 0.0937. The number of morpholine rings is 1. The van der Waals surface area contributed by atoms with Crippen molar-refractivity contribution in [2.75, 3.05) is 51.7 Å². The van der Waals surface area contributed by atoms with Gasteiger partial charge < -0.3 is 4.74 Å². The van der Waals surface area contributed by atoms with Gasteiger partial charge in [-0.2, -0.15) is 0 Å². The summed E-state index contributed by atoms with van der Waals surface area (Å²) in [6.45, 7) is 12.8. The summed E-state index contributed by atoms with van der Waals surface area (Å²) < 4.78 is 32.5. The van der Waals surface area contributed by atoms with Crippen molar-refractivity contribution in [1.82, 2.24) is 14.5 Å². The number of nitrogens with zero attached hydrogens (tertiary/aromatic N) is 2. The molecule has 0 radical (unpaired) electrons. The summed E-state index contributed by atoms with van der Waals surface area (Å²) in [6, 6.07) is 0.0861. The van der Waals surface area contributed by atoms with Gasteiger partial charge in [0.05, 0.1) is 19.0 Å². The smallest absolute Gasteiger partial charge is 0.211 e. The SMILES string of the molecule is CCS(=O)(=O)N[C@@H]1CN(CC(C)(C)N2CCOCC2)C[C@H]1C1CC1. The van der Waals surface area contributed by atoms with Crippen LogP contribution < -0.4 is 4.72 Å². The number of hydrogen-bond donors (Lipinski definition) is 1. The summed E-state index contributed by atoms with van der Waals surface area (Å²) in [7, 11) is -3.13. The fourth-order valence-corrected chi connectivity index (χ4v) is 5.18. The van der Waals surface area contributed by atoms with Crippen LogP contribution >= 0.6 is 0 Å². The lowest BCUT2D eigenvalue weighted by molar-refractivity contribution is -0.0200. The van der Waals surface area contributed by atoms with E-state index < -0.39 is 10.0 Å². The minimum atomic E-state index is -3.13. The molecule has 3 rings (SSSR count). The minimum absolute atomic E-state index is 0.0861. The van der Waals surface area contributed by atoms with E-state index in [1.807, 2.05) is 0 Å². The van der Waals surface area contributed by atoms with Crippen molar-refractivity contribution >= 4 is 10.0 Å². The molecule has 0 unspecified atom stereocenters. The van der Waals surface area contributed by atoms with Crippen LogP contribution in [-0.4, -0.2) is 81.5 Å². The van der Waals surface area contributed by atoms with E-state index in [1.165, 1.54) is 12.8 Å². The molecule has 0 aromatic rings. The summed E-state index contributed by atoms with van der Waals surface area (Å²) in [6.07, 6.45) is 2.52. The fourth-order valence-electron chi connectivity index (χ4n) is 4.30. The molecule has 1 aliphatic carbocycles. The maximum Gasteiger partial charge on any atom is 0.211 e. The second-order valence-electron chi connectivity index (χ2n) is 8.23. The minimum Gasteiger partial charge on any atom is -0.379 e. The van der Waals surface area contributed by atoms with E-state index in [4.69, 9.17) is 4.74 Å².